The van der Waals surface area contributed by atoms with E-state index >= 15 is 0 Å². The Hall–Kier alpha value is -1.62. The fourth-order valence-electron chi connectivity index (χ4n) is 7.58. The molecule has 2 aliphatic heterocycles. The molecule has 0 amide bonds. The van der Waals surface area contributed by atoms with Crippen LogP contribution >= 0.6 is 0 Å². The number of hydrogen-bond acceptors (Lipinski definition) is 1. The highest BCUT2D eigenvalue weighted by Crippen LogP contribution is 2.50. The molecule has 2 atom stereocenters. The maximum Gasteiger partial charge on any atom is 0.209 e. The van der Waals surface area contributed by atoms with Gasteiger partial charge in [0.25, 0.3) is 0 Å². The van der Waals surface area contributed by atoms with E-state index in [2.05, 4.69) is 77.9 Å². The van der Waals surface area contributed by atoms with Crippen LogP contribution in [0.2, 0.25) is 0 Å². The van der Waals surface area contributed by atoms with Crippen molar-refractivity contribution in [2.45, 2.75) is 82.6 Å². The number of rotatable bonds is 4. The highest BCUT2D eigenvalue weighted by atomic mass is 127. The maximum absolute atomic E-state index is 2.67. The van der Waals surface area contributed by atoms with E-state index in [1.165, 1.54) is 74.0 Å². The number of likely N-dealkylation sites (N-methyl/N-ethyl adjacent to an activating group) is 1. The minimum Gasteiger partial charge on any atom is -1.00 e. The minimum absolute atomic E-state index is 0. The lowest BCUT2D eigenvalue weighted by Crippen LogP contribution is -3.00. The molecule has 0 bridgehead atoms. The topological polar surface area (TPSA) is 6.25 Å². The molecule has 0 aromatic heterocycles. The average Bonchev–Trinajstić information content (AvgIpc) is 3.49. The number of para-hydroxylation sites is 1. The molecule has 0 N–H and O–H groups in total. The first-order valence-electron chi connectivity index (χ1n) is 13.1. The molecule has 4 aliphatic rings. The van der Waals surface area contributed by atoms with Gasteiger partial charge in [0.1, 0.15) is 6.54 Å². The van der Waals surface area contributed by atoms with Gasteiger partial charge >= 0.3 is 0 Å². The Labute approximate surface area is 216 Å². The standard InChI is InChI=1S/C30H37N2.HI/c1-3-31-26-14-10-11-23(26)24-21-22(15-17-27(24)31)16-18-29-30(19-8-5-9-20-30)25-12-6-7-13-28(25)32(29)4-2;/h6-7,12-13,15-18,21,23,26H,3-5,8-11,14,19-20H2,1-2H3;1H/q+1;/p-1. The first-order valence-corrected chi connectivity index (χ1v) is 13.1. The summed E-state index contributed by atoms with van der Waals surface area (Å²) in [6, 6.07) is 17.2. The first kappa shape index (κ1) is 23.1. The van der Waals surface area contributed by atoms with Crippen LogP contribution in [0.3, 0.4) is 0 Å². The predicted molar refractivity (Wildman–Crippen MR) is 136 cm³/mol. The predicted octanol–water partition coefficient (Wildman–Crippen LogP) is 4.20. The summed E-state index contributed by atoms with van der Waals surface area (Å²) >= 11 is 0. The summed E-state index contributed by atoms with van der Waals surface area (Å²) in [7, 11) is 0. The third-order valence-corrected chi connectivity index (χ3v) is 8.93. The van der Waals surface area contributed by atoms with Gasteiger partial charge in [0.15, 0.2) is 5.71 Å². The summed E-state index contributed by atoms with van der Waals surface area (Å²) in [5.41, 5.74) is 9.25. The van der Waals surface area contributed by atoms with Gasteiger partial charge in [-0.1, -0.05) is 49.9 Å². The number of hydrogen-bond donors (Lipinski definition) is 0. The Bertz CT molecular complexity index is 1090. The van der Waals surface area contributed by atoms with Crippen molar-refractivity contribution in [1.82, 2.24) is 0 Å². The van der Waals surface area contributed by atoms with Gasteiger partial charge in [-0.25, -0.2) is 0 Å². The molecule has 2 aliphatic carbocycles. The van der Waals surface area contributed by atoms with E-state index in [9.17, 15) is 0 Å². The van der Waals surface area contributed by atoms with Crippen LogP contribution in [-0.2, 0) is 5.41 Å². The van der Waals surface area contributed by atoms with E-state index in [1.54, 1.807) is 11.1 Å². The number of allylic oxidation sites excluding steroid dienone is 1. The summed E-state index contributed by atoms with van der Waals surface area (Å²) in [5.74, 6) is 0.749. The zero-order valence-corrected chi connectivity index (χ0v) is 22.4. The molecular formula is C30H37IN2. The second-order valence-corrected chi connectivity index (χ2v) is 10.3. The quantitative estimate of drug-likeness (QED) is 0.407. The zero-order chi connectivity index (χ0) is 21.7. The Morgan fingerprint density at radius 3 is 2.58 bits per heavy atom. The molecule has 2 heterocycles. The van der Waals surface area contributed by atoms with Crippen LogP contribution in [-0.4, -0.2) is 29.4 Å². The van der Waals surface area contributed by atoms with Gasteiger partial charge < -0.3 is 28.9 Å². The molecule has 2 aromatic rings. The third kappa shape index (κ3) is 3.52. The van der Waals surface area contributed by atoms with E-state index in [0.717, 1.165) is 25.0 Å². The van der Waals surface area contributed by atoms with Crippen molar-refractivity contribution in [1.29, 1.82) is 0 Å². The lowest BCUT2D eigenvalue weighted by atomic mass is 9.67. The summed E-state index contributed by atoms with van der Waals surface area (Å²) in [6.45, 7) is 6.79. The van der Waals surface area contributed by atoms with Crippen molar-refractivity contribution >= 4 is 23.2 Å². The molecule has 174 valence electrons. The van der Waals surface area contributed by atoms with E-state index in [-0.39, 0.29) is 29.4 Å². The van der Waals surface area contributed by atoms with Crippen LogP contribution < -0.4 is 28.9 Å². The Morgan fingerprint density at radius 2 is 1.79 bits per heavy atom. The molecule has 1 spiro atoms. The smallest absolute Gasteiger partial charge is 0.209 e. The molecule has 0 saturated heterocycles. The second kappa shape index (κ2) is 9.20. The lowest BCUT2D eigenvalue weighted by molar-refractivity contribution is -0.433. The fraction of sp³-hybridized carbons (Fsp3) is 0.500. The van der Waals surface area contributed by atoms with Crippen LogP contribution in [0, 0.1) is 0 Å². The van der Waals surface area contributed by atoms with Crippen LogP contribution in [0.1, 0.15) is 87.8 Å². The minimum atomic E-state index is 0. The molecule has 2 saturated carbocycles. The molecule has 2 nitrogen and oxygen atoms in total. The van der Waals surface area contributed by atoms with Crippen molar-refractivity contribution in [2.75, 3.05) is 18.0 Å². The van der Waals surface area contributed by atoms with Gasteiger partial charge in [0.2, 0.25) is 5.69 Å². The van der Waals surface area contributed by atoms with Crippen molar-refractivity contribution in [3.8, 4) is 0 Å². The maximum atomic E-state index is 2.67. The van der Waals surface area contributed by atoms with E-state index in [4.69, 9.17) is 0 Å². The van der Waals surface area contributed by atoms with Crippen molar-refractivity contribution in [3.05, 3.63) is 65.2 Å². The zero-order valence-electron chi connectivity index (χ0n) is 20.2. The van der Waals surface area contributed by atoms with E-state index in [1.807, 2.05) is 0 Å². The molecule has 6 rings (SSSR count). The van der Waals surface area contributed by atoms with Gasteiger partial charge in [0, 0.05) is 41.9 Å². The molecule has 33 heavy (non-hydrogen) atoms. The van der Waals surface area contributed by atoms with E-state index < -0.39 is 0 Å². The lowest BCUT2D eigenvalue weighted by Gasteiger charge is -2.31. The van der Waals surface area contributed by atoms with Crippen molar-refractivity contribution in [2.24, 2.45) is 0 Å². The van der Waals surface area contributed by atoms with Gasteiger partial charge in [-0.15, -0.1) is 0 Å². The SMILES string of the molecule is CCN1c2ccc(/C=C/C3=[N+](CC)c4ccccc4C34CCCCC4)cc2C2CCCC21.[I-]. The molecule has 2 aromatic carbocycles. The average molecular weight is 553 g/mol. The molecule has 2 unspecified atom stereocenters. The summed E-state index contributed by atoms with van der Waals surface area (Å²) < 4.78 is 2.59. The van der Waals surface area contributed by atoms with Gasteiger partial charge in [-0.2, -0.15) is 4.58 Å². The van der Waals surface area contributed by atoms with Gasteiger partial charge in [0.05, 0.1) is 5.41 Å². The Morgan fingerprint density at radius 1 is 0.970 bits per heavy atom. The monoisotopic (exact) mass is 552 g/mol. The van der Waals surface area contributed by atoms with Crippen LogP contribution in [0.4, 0.5) is 11.4 Å². The summed E-state index contributed by atoms with van der Waals surface area (Å²) in [4.78, 5) is 2.67. The summed E-state index contributed by atoms with van der Waals surface area (Å²) in [5, 5.41) is 0. The van der Waals surface area contributed by atoms with Crippen molar-refractivity contribution < 1.29 is 28.6 Å². The molecule has 3 heteroatoms. The summed E-state index contributed by atoms with van der Waals surface area (Å²) in [6.07, 6.45) is 15.7. The van der Waals surface area contributed by atoms with Crippen LogP contribution in [0.5, 0.6) is 0 Å². The Balaban J connectivity index is 0.00000228. The van der Waals surface area contributed by atoms with E-state index in [0.29, 0.717) is 0 Å². The normalized spacial score (nSPS) is 24.8. The largest absolute Gasteiger partial charge is 1.00 e. The van der Waals surface area contributed by atoms with Gasteiger partial charge in [-0.05, 0) is 68.9 Å². The number of fused-ring (bicyclic) bond motifs is 5. The number of nitrogens with zero attached hydrogens (tertiary/aromatic N) is 2. The first-order chi connectivity index (χ1) is 15.8. The molecule has 2 fully saturated rings. The third-order valence-electron chi connectivity index (χ3n) is 8.93. The van der Waals surface area contributed by atoms with Gasteiger partial charge in [-0.3, -0.25) is 0 Å². The van der Waals surface area contributed by atoms with Crippen molar-refractivity contribution in [3.63, 3.8) is 0 Å². The Kier molecular flexibility index (Phi) is 6.45. The number of anilines is 1. The number of halogens is 1. The highest BCUT2D eigenvalue weighted by molar-refractivity contribution is 6.06. The van der Waals surface area contributed by atoms with Crippen LogP contribution in [0.15, 0.2) is 48.5 Å². The number of benzene rings is 2. The second-order valence-electron chi connectivity index (χ2n) is 10.3. The molecule has 0 radical (unpaired) electrons. The molecular weight excluding hydrogens is 515 g/mol. The van der Waals surface area contributed by atoms with Crippen LogP contribution in [0.25, 0.3) is 6.08 Å². The fourth-order valence-corrected chi connectivity index (χ4v) is 7.58. The highest BCUT2D eigenvalue weighted by Gasteiger charge is 2.50.